The Bertz CT molecular complexity index is 411. The van der Waals surface area contributed by atoms with Crippen LogP contribution in [0.3, 0.4) is 0 Å². The lowest BCUT2D eigenvalue weighted by atomic mass is 9.96. The predicted octanol–water partition coefficient (Wildman–Crippen LogP) is 3.20. The summed E-state index contributed by atoms with van der Waals surface area (Å²) < 4.78 is 11.1. The lowest BCUT2D eigenvalue weighted by molar-refractivity contribution is -0.120. The number of hydrogen-bond acceptors (Lipinski definition) is 5. The molecule has 1 unspecified atom stereocenters. The molecule has 0 spiro atoms. The lowest BCUT2D eigenvalue weighted by Gasteiger charge is -2.27. The fourth-order valence-electron chi connectivity index (χ4n) is 2.15. The van der Waals surface area contributed by atoms with E-state index in [4.69, 9.17) is 9.26 Å². The van der Waals surface area contributed by atoms with Crippen molar-refractivity contribution in [3.05, 3.63) is 11.7 Å². The summed E-state index contributed by atoms with van der Waals surface area (Å²) in [6, 6.07) is 0. The molecule has 5 heteroatoms. The Hall–Kier alpha value is -1.23. The summed E-state index contributed by atoms with van der Waals surface area (Å²) in [6.07, 6.45) is 2.01. The van der Waals surface area contributed by atoms with Crippen LogP contribution in [-0.2, 0) is 15.1 Å². The SMILES string of the molecule is CCOC(CC)(CC)c1noc(C(C)C(=O)CC)n1. The molecule has 0 aromatic carbocycles. The Labute approximate surface area is 114 Å². The lowest BCUT2D eigenvalue weighted by Crippen LogP contribution is -2.30. The highest BCUT2D eigenvalue weighted by atomic mass is 16.5. The van der Waals surface area contributed by atoms with Crippen molar-refractivity contribution in [2.75, 3.05) is 6.61 Å². The van der Waals surface area contributed by atoms with Gasteiger partial charge in [-0.25, -0.2) is 0 Å². The number of carbonyl (C=O) groups is 1. The van der Waals surface area contributed by atoms with Crippen LogP contribution >= 0.6 is 0 Å². The Morgan fingerprint density at radius 3 is 2.42 bits per heavy atom. The zero-order valence-electron chi connectivity index (χ0n) is 12.5. The van der Waals surface area contributed by atoms with E-state index in [0.717, 1.165) is 12.8 Å². The molecule has 19 heavy (non-hydrogen) atoms. The number of nitrogens with zero attached hydrogens (tertiary/aromatic N) is 2. The smallest absolute Gasteiger partial charge is 0.237 e. The van der Waals surface area contributed by atoms with Crippen LogP contribution in [0.5, 0.6) is 0 Å². The topological polar surface area (TPSA) is 65.2 Å². The molecule has 0 aliphatic carbocycles. The molecule has 0 aliphatic heterocycles. The molecular formula is C14H24N2O3. The van der Waals surface area contributed by atoms with E-state index in [1.54, 1.807) is 6.92 Å². The maximum Gasteiger partial charge on any atom is 0.237 e. The normalized spacial score (nSPS) is 13.5. The first-order valence-corrected chi connectivity index (χ1v) is 7.05. The van der Waals surface area contributed by atoms with Crippen LogP contribution in [0.4, 0.5) is 0 Å². The minimum atomic E-state index is -0.508. The summed E-state index contributed by atoms with van der Waals surface area (Å²) in [5.74, 6) is 0.683. The molecule has 0 N–H and O–H groups in total. The third kappa shape index (κ3) is 3.21. The second kappa shape index (κ2) is 6.80. The van der Waals surface area contributed by atoms with Gasteiger partial charge in [-0.05, 0) is 26.7 Å². The van der Waals surface area contributed by atoms with Gasteiger partial charge in [-0.15, -0.1) is 0 Å². The average Bonchev–Trinajstić information content (AvgIpc) is 2.93. The van der Waals surface area contributed by atoms with E-state index in [1.807, 2.05) is 27.7 Å². The number of hydrogen-bond donors (Lipinski definition) is 0. The summed E-state index contributed by atoms with van der Waals surface area (Å²) in [6.45, 7) is 10.2. The van der Waals surface area contributed by atoms with Gasteiger partial charge in [0.25, 0.3) is 0 Å². The van der Waals surface area contributed by atoms with Crippen LogP contribution in [0.25, 0.3) is 0 Å². The van der Waals surface area contributed by atoms with Crippen molar-refractivity contribution in [3.8, 4) is 0 Å². The first-order chi connectivity index (χ1) is 9.04. The van der Waals surface area contributed by atoms with Crippen molar-refractivity contribution >= 4 is 5.78 Å². The molecule has 0 amide bonds. The van der Waals surface area contributed by atoms with E-state index in [0.29, 0.717) is 24.7 Å². The number of Topliss-reactive ketones (excluding diaryl/α,β-unsaturated/α-hetero) is 1. The fraction of sp³-hybridized carbons (Fsp3) is 0.786. The number of carbonyl (C=O) groups excluding carboxylic acids is 1. The second-order valence-electron chi connectivity index (χ2n) is 4.63. The van der Waals surface area contributed by atoms with E-state index in [-0.39, 0.29) is 11.7 Å². The molecule has 108 valence electrons. The molecule has 1 rings (SSSR count). The Kier molecular flexibility index (Phi) is 5.66. The number of ether oxygens (including phenoxy) is 1. The van der Waals surface area contributed by atoms with Crippen LogP contribution < -0.4 is 0 Å². The summed E-state index contributed by atoms with van der Waals surface area (Å²) in [5, 5.41) is 4.02. The summed E-state index contributed by atoms with van der Waals surface area (Å²) in [5.41, 5.74) is -0.508. The highest BCUT2D eigenvalue weighted by molar-refractivity contribution is 5.83. The Morgan fingerprint density at radius 1 is 1.32 bits per heavy atom. The van der Waals surface area contributed by atoms with Crippen molar-refractivity contribution < 1.29 is 14.1 Å². The van der Waals surface area contributed by atoms with Gasteiger partial charge in [0.05, 0.1) is 5.92 Å². The number of rotatable bonds is 8. The van der Waals surface area contributed by atoms with E-state index in [2.05, 4.69) is 10.1 Å². The van der Waals surface area contributed by atoms with Gasteiger partial charge in [0.2, 0.25) is 11.7 Å². The van der Waals surface area contributed by atoms with Crippen LogP contribution in [-0.4, -0.2) is 22.5 Å². The van der Waals surface area contributed by atoms with Crippen molar-refractivity contribution in [1.82, 2.24) is 10.1 Å². The Balaban J connectivity index is 3.02. The summed E-state index contributed by atoms with van der Waals surface area (Å²) >= 11 is 0. The molecular weight excluding hydrogens is 244 g/mol. The van der Waals surface area contributed by atoms with Gasteiger partial charge in [-0.1, -0.05) is 25.9 Å². The molecule has 0 saturated heterocycles. The molecule has 1 aromatic rings. The highest BCUT2D eigenvalue weighted by Crippen LogP contribution is 2.31. The van der Waals surface area contributed by atoms with E-state index < -0.39 is 5.60 Å². The third-order valence-electron chi connectivity index (χ3n) is 3.61. The van der Waals surface area contributed by atoms with Gasteiger partial charge in [-0.3, -0.25) is 4.79 Å². The van der Waals surface area contributed by atoms with Crippen molar-refractivity contribution in [3.63, 3.8) is 0 Å². The monoisotopic (exact) mass is 268 g/mol. The quantitative estimate of drug-likeness (QED) is 0.724. The Morgan fingerprint density at radius 2 is 1.95 bits per heavy atom. The van der Waals surface area contributed by atoms with Gasteiger partial charge < -0.3 is 9.26 Å². The summed E-state index contributed by atoms with van der Waals surface area (Å²) in [4.78, 5) is 16.1. The molecule has 1 atom stereocenters. The molecule has 5 nitrogen and oxygen atoms in total. The molecule has 0 fully saturated rings. The molecule has 1 aromatic heterocycles. The number of ketones is 1. The molecule has 0 radical (unpaired) electrons. The predicted molar refractivity (Wildman–Crippen MR) is 71.9 cm³/mol. The standard InChI is InChI=1S/C14H24N2O3/c1-6-11(17)10(5)12-15-13(16-19-12)14(7-2,8-3)18-9-4/h10H,6-9H2,1-5H3. The largest absolute Gasteiger partial charge is 0.367 e. The zero-order valence-corrected chi connectivity index (χ0v) is 12.5. The average molecular weight is 268 g/mol. The van der Waals surface area contributed by atoms with Gasteiger partial charge in [-0.2, -0.15) is 4.98 Å². The fourth-order valence-corrected chi connectivity index (χ4v) is 2.15. The van der Waals surface area contributed by atoms with Crippen LogP contribution in [0.15, 0.2) is 4.52 Å². The zero-order chi connectivity index (χ0) is 14.5. The number of aromatic nitrogens is 2. The van der Waals surface area contributed by atoms with Crippen LogP contribution in [0, 0.1) is 0 Å². The van der Waals surface area contributed by atoms with Gasteiger partial charge in [0.1, 0.15) is 11.4 Å². The van der Waals surface area contributed by atoms with Crippen LogP contribution in [0.2, 0.25) is 0 Å². The molecule has 0 aliphatic rings. The molecule has 1 heterocycles. The highest BCUT2D eigenvalue weighted by Gasteiger charge is 2.35. The molecule has 0 bridgehead atoms. The maximum absolute atomic E-state index is 11.7. The van der Waals surface area contributed by atoms with Crippen molar-refractivity contribution in [2.45, 2.75) is 65.4 Å². The maximum atomic E-state index is 11.7. The third-order valence-corrected chi connectivity index (χ3v) is 3.61. The van der Waals surface area contributed by atoms with Gasteiger partial charge >= 0.3 is 0 Å². The van der Waals surface area contributed by atoms with Crippen molar-refractivity contribution in [2.24, 2.45) is 0 Å². The van der Waals surface area contributed by atoms with Gasteiger partial charge in [0, 0.05) is 13.0 Å². The minimum Gasteiger partial charge on any atom is -0.367 e. The van der Waals surface area contributed by atoms with E-state index >= 15 is 0 Å². The van der Waals surface area contributed by atoms with Gasteiger partial charge in [0.15, 0.2) is 0 Å². The first-order valence-electron chi connectivity index (χ1n) is 7.05. The van der Waals surface area contributed by atoms with Crippen molar-refractivity contribution in [1.29, 1.82) is 0 Å². The summed E-state index contributed by atoms with van der Waals surface area (Å²) in [7, 11) is 0. The van der Waals surface area contributed by atoms with E-state index in [9.17, 15) is 4.79 Å². The second-order valence-corrected chi connectivity index (χ2v) is 4.63. The minimum absolute atomic E-state index is 0.102. The first kappa shape index (κ1) is 15.8. The van der Waals surface area contributed by atoms with E-state index in [1.165, 1.54) is 0 Å². The van der Waals surface area contributed by atoms with Crippen LogP contribution in [0.1, 0.15) is 71.5 Å². The molecule has 0 saturated carbocycles.